The van der Waals surface area contributed by atoms with Crippen molar-refractivity contribution in [1.82, 2.24) is 0 Å². The van der Waals surface area contributed by atoms with E-state index in [0.29, 0.717) is 76.0 Å². The Hall–Kier alpha value is -4.46. The summed E-state index contributed by atoms with van der Waals surface area (Å²) in [6.45, 7) is 3.15. The molecule has 1 aliphatic rings. The smallest absolute Gasteiger partial charge is 0.343 e. The normalized spacial score (nSPS) is 12.6. The molecule has 3 aromatic carbocycles. The van der Waals surface area contributed by atoms with Gasteiger partial charge in [-0.15, -0.1) is 0 Å². The molecule has 0 aliphatic carbocycles. The maximum absolute atomic E-state index is 13.5. The van der Waals surface area contributed by atoms with Gasteiger partial charge in [0.15, 0.2) is 23.0 Å². The molecule has 1 aliphatic heterocycles. The number of ether oxygens (including phenoxy) is 5. The van der Waals surface area contributed by atoms with Gasteiger partial charge in [0.1, 0.15) is 17.6 Å². The molecular formula is C30H28O8. The molecule has 0 N–H and O–H groups in total. The SMILES string of the molecule is CCCc1cc2c(=O)c(-c3ccc4c(c3)OCCCO4)coc2cc1OC(=O)c1ccc(OC)c(OC)c1. The van der Waals surface area contributed by atoms with Crippen molar-refractivity contribution in [3.63, 3.8) is 0 Å². The molecule has 196 valence electrons. The second kappa shape index (κ2) is 10.9. The molecule has 0 fully saturated rings. The van der Waals surface area contributed by atoms with Crippen molar-refractivity contribution < 1.29 is 32.9 Å². The van der Waals surface area contributed by atoms with E-state index in [1.807, 2.05) is 13.0 Å². The van der Waals surface area contributed by atoms with Crippen LogP contribution in [0.2, 0.25) is 0 Å². The number of hydrogen-bond donors (Lipinski definition) is 0. The van der Waals surface area contributed by atoms with Gasteiger partial charge in [0, 0.05) is 12.5 Å². The van der Waals surface area contributed by atoms with E-state index in [-0.39, 0.29) is 5.43 Å². The molecule has 2 heterocycles. The van der Waals surface area contributed by atoms with Gasteiger partial charge in [-0.3, -0.25) is 4.79 Å². The lowest BCUT2D eigenvalue weighted by Crippen LogP contribution is -2.11. The minimum Gasteiger partial charge on any atom is -0.493 e. The largest absolute Gasteiger partial charge is 0.493 e. The third-order valence-electron chi connectivity index (χ3n) is 6.36. The fourth-order valence-electron chi connectivity index (χ4n) is 4.41. The molecule has 38 heavy (non-hydrogen) atoms. The lowest BCUT2D eigenvalue weighted by Gasteiger charge is -2.13. The van der Waals surface area contributed by atoms with E-state index in [2.05, 4.69) is 0 Å². The predicted octanol–water partition coefficient (Wildman–Crippen LogP) is 5.81. The Morgan fingerprint density at radius 1 is 0.895 bits per heavy atom. The minimum atomic E-state index is -0.561. The number of hydrogen-bond acceptors (Lipinski definition) is 8. The maximum Gasteiger partial charge on any atom is 0.343 e. The van der Waals surface area contributed by atoms with Gasteiger partial charge in [0.05, 0.1) is 43.9 Å². The molecule has 0 unspecified atom stereocenters. The lowest BCUT2D eigenvalue weighted by atomic mass is 10.0. The summed E-state index contributed by atoms with van der Waals surface area (Å²) in [5.74, 6) is 1.96. The maximum atomic E-state index is 13.5. The van der Waals surface area contributed by atoms with Gasteiger partial charge >= 0.3 is 5.97 Å². The van der Waals surface area contributed by atoms with Crippen LogP contribution in [-0.2, 0) is 6.42 Å². The van der Waals surface area contributed by atoms with Gasteiger partial charge in [-0.25, -0.2) is 4.79 Å². The monoisotopic (exact) mass is 516 g/mol. The topological polar surface area (TPSA) is 93.4 Å². The number of esters is 1. The Morgan fingerprint density at radius 3 is 2.45 bits per heavy atom. The lowest BCUT2D eigenvalue weighted by molar-refractivity contribution is 0.0732. The quantitative estimate of drug-likeness (QED) is 0.224. The standard InChI is InChI=1S/C30H28O8/c1-4-6-19-13-21-26(16-25(19)38-30(32)20-8-9-23(33-2)27(15-20)34-3)37-17-22(29(21)31)18-7-10-24-28(14-18)36-12-5-11-35-24/h7-10,13-17H,4-6,11-12H2,1-3H3. The van der Waals surface area contributed by atoms with Crippen LogP contribution < -0.4 is 29.1 Å². The highest BCUT2D eigenvalue weighted by Gasteiger charge is 2.19. The van der Waals surface area contributed by atoms with E-state index in [1.165, 1.54) is 20.5 Å². The Kier molecular flexibility index (Phi) is 7.22. The summed E-state index contributed by atoms with van der Waals surface area (Å²) in [4.78, 5) is 26.5. The Balaban J connectivity index is 1.51. The summed E-state index contributed by atoms with van der Waals surface area (Å²) >= 11 is 0. The van der Waals surface area contributed by atoms with Gasteiger partial charge in [-0.05, 0) is 53.9 Å². The van der Waals surface area contributed by atoms with Crippen LogP contribution in [0, 0.1) is 0 Å². The van der Waals surface area contributed by atoms with Gasteiger partial charge in [-0.2, -0.15) is 0 Å². The molecule has 0 saturated heterocycles. The molecule has 0 saturated carbocycles. The highest BCUT2D eigenvalue weighted by molar-refractivity contribution is 5.93. The molecule has 8 heteroatoms. The van der Waals surface area contributed by atoms with Crippen molar-refractivity contribution in [3.8, 4) is 39.9 Å². The second-order valence-corrected chi connectivity index (χ2v) is 8.86. The molecule has 0 bridgehead atoms. The van der Waals surface area contributed by atoms with Crippen LogP contribution in [0.5, 0.6) is 28.7 Å². The number of rotatable bonds is 7. The van der Waals surface area contributed by atoms with E-state index in [4.69, 9.17) is 28.1 Å². The first-order chi connectivity index (χ1) is 18.5. The first-order valence-electron chi connectivity index (χ1n) is 12.4. The Labute approximate surface area is 219 Å². The van der Waals surface area contributed by atoms with E-state index >= 15 is 0 Å². The average molecular weight is 517 g/mol. The molecular weight excluding hydrogens is 488 g/mol. The van der Waals surface area contributed by atoms with Crippen molar-refractivity contribution >= 4 is 16.9 Å². The summed E-state index contributed by atoms with van der Waals surface area (Å²) in [6.07, 6.45) is 3.61. The average Bonchev–Trinajstić information content (AvgIpc) is 3.18. The Bertz CT molecular complexity index is 1550. The van der Waals surface area contributed by atoms with Gasteiger partial charge < -0.3 is 28.1 Å². The van der Waals surface area contributed by atoms with Crippen LogP contribution >= 0.6 is 0 Å². The van der Waals surface area contributed by atoms with Crippen molar-refractivity contribution in [3.05, 3.63) is 76.1 Å². The third kappa shape index (κ3) is 4.89. The zero-order valence-corrected chi connectivity index (χ0v) is 21.5. The van der Waals surface area contributed by atoms with Gasteiger partial charge in [0.25, 0.3) is 0 Å². The number of benzene rings is 3. The number of carbonyl (C=O) groups excluding carboxylic acids is 1. The highest BCUT2D eigenvalue weighted by Crippen LogP contribution is 2.35. The van der Waals surface area contributed by atoms with Crippen LogP contribution in [0.3, 0.4) is 0 Å². The second-order valence-electron chi connectivity index (χ2n) is 8.86. The molecule has 0 radical (unpaired) electrons. The number of aryl methyl sites for hydroxylation is 1. The summed E-state index contributed by atoms with van der Waals surface area (Å²) < 4.78 is 33.7. The highest BCUT2D eigenvalue weighted by atomic mass is 16.5. The van der Waals surface area contributed by atoms with E-state index in [9.17, 15) is 9.59 Å². The summed E-state index contributed by atoms with van der Waals surface area (Å²) in [5, 5.41) is 0.406. The van der Waals surface area contributed by atoms with E-state index in [1.54, 1.807) is 42.5 Å². The van der Waals surface area contributed by atoms with E-state index < -0.39 is 5.97 Å². The van der Waals surface area contributed by atoms with Crippen molar-refractivity contribution in [2.24, 2.45) is 0 Å². The first-order valence-corrected chi connectivity index (χ1v) is 12.4. The predicted molar refractivity (Wildman–Crippen MR) is 142 cm³/mol. The molecule has 8 nitrogen and oxygen atoms in total. The van der Waals surface area contributed by atoms with Gasteiger partial charge in [-0.1, -0.05) is 19.4 Å². The number of carbonyl (C=O) groups is 1. The molecule has 0 amide bonds. The van der Waals surface area contributed by atoms with Crippen molar-refractivity contribution in [2.45, 2.75) is 26.2 Å². The van der Waals surface area contributed by atoms with Crippen LogP contribution in [0.15, 0.2) is 64.0 Å². The van der Waals surface area contributed by atoms with Crippen LogP contribution in [0.25, 0.3) is 22.1 Å². The summed E-state index contributed by atoms with van der Waals surface area (Å²) in [6, 6.07) is 13.6. The molecule has 1 aromatic heterocycles. The molecule has 4 aromatic rings. The zero-order valence-electron chi connectivity index (χ0n) is 21.5. The van der Waals surface area contributed by atoms with Crippen molar-refractivity contribution in [1.29, 1.82) is 0 Å². The number of fused-ring (bicyclic) bond motifs is 2. The summed E-state index contributed by atoms with van der Waals surface area (Å²) in [5.41, 5.74) is 2.25. The van der Waals surface area contributed by atoms with Crippen LogP contribution in [-0.4, -0.2) is 33.4 Å². The van der Waals surface area contributed by atoms with E-state index in [0.717, 1.165) is 18.4 Å². The fraction of sp³-hybridized carbons (Fsp3) is 0.267. The Morgan fingerprint density at radius 2 is 1.68 bits per heavy atom. The molecule has 0 atom stereocenters. The zero-order chi connectivity index (χ0) is 26.6. The fourth-order valence-corrected chi connectivity index (χ4v) is 4.41. The summed E-state index contributed by atoms with van der Waals surface area (Å²) in [7, 11) is 3.02. The van der Waals surface area contributed by atoms with Crippen molar-refractivity contribution in [2.75, 3.05) is 27.4 Å². The third-order valence-corrected chi connectivity index (χ3v) is 6.36. The minimum absolute atomic E-state index is 0.184. The number of methoxy groups -OCH3 is 2. The molecule has 5 rings (SSSR count). The van der Waals surface area contributed by atoms with Crippen LogP contribution in [0.1, 0.15) is 35.7 Å². The van der Waals surface area contributed by atoms with Crippen LogP contribution in [0.4, 0.5) is 0 Å². The van der Waals surface area contributed by atoms with Gasteiger partial charge in [0.2, 0.25) is 5.43 Å². The molecule has 0 spiro atoms. The first kappa shape index (κ1) is 25.2.